The highest BCUT2D eigenvalue weighted by Gasteiger charge is 2.25. The molecule has 3 aromatic rings. The zero-order valence-electron chi connectivity index (χ0n) is 22.9. The molecule has 2 heterocycles. The molecule has 2 aliphatic rings. The lowest BCUT2D eigenvalue weighted by atomic mass is 10.1. The monoisotopic (exact) mass is 583 g/mol. The molecule has 0 fully saturated rings. The van der Waals surface area contributed by atoms with Crippen molar-refractivity contribution >= 4 is 29.1 Å². The Morgan fingerprint density at radius 2 is 1.66 bits per heavy atom. The van der Waals surface area contributed by atoms with E-state index in [1.165, 1.54) is 11.8 Å². The number of carbonyl (C=O) groups is 2. The Kier molecular flexibility index (Phi) is 9.05. The van der Waals surface area contributed by atoms with Crippen LogP contribution in [-0.4, -0.2) is 61.0 Å². The van der Waals surface area contributed by atoms with E-state index in [2.05, 4.69) is 4.90 Å². The van der Waals surface area contributed by atoms with Gasteiger partial charge in [-0.1, -0.05) is 41.9 Å². The normalized spacial score (nSPS) is 16.1. The van der Waals surface area contributed by atoms with Crippen molar-refractivity contribution in [3.8, 4) is 11.5 Å². The summed E-state index contributed by atoms with van der Waals surface area (Å²) in [7, 11) is 0. The predicted molar refractivity (Wildman–Crippen MR) is 152 cm³/mol. The molecule has 2 aliphatic heterocycles. The zero-order chi connectivity index (χ0) is 28.9. The van der Waals surface area contributed by atoms with E-state index in [1.807, 2.05) is 30.3 Å². The first-order valence-corrected chi connectivity index (χ1v) is 14.0. The van der Waals surface area contributed by atoms with Crippen LogP contribution in [0.2, 0.25) is 5.02 Å². The molecule has 2 amide bonds. The molecule has 0 aliphatic carbocycles. The maximum absolute atomic E-state index is 14.5. The van der Waals surface area contributed by atoms with Crippen LogP contribution in [0.5, 0.6) is 11.5 Å². The van der Waals surface area contributed by atoms with E-state index in [4.69, 9.17) is 21.1 Å². The number of amides is 2. The Hall–Kier alpha value is -3.69. The molecule has 41 heavy (non-hydrogen) atoms. The summed E-state index contributed by atoms with van der Waals surface area (Å²) in [6, 6.07) is 15.6. The van der Waals surface area contributed by atoms with E-state index < -0.39 is 11.6 Å². The number of halogens is 3. The summed E-state index contributed by atoms with van der Waals surface area (Å²) < 4.78 is 40.2. The molecule has 0 saturated carbocycles. The van der Waals surface area contributed by atoms with Gasteiger partial charge in [-0.05, 0) is 41.3 Å². The van der Waals surface area contributed by atoms with Crippen molar-refractivity contribution in [2.24, 2.45) is 0 Å². The van der Waals surface area contributed by atoms with Gasteiger partial charge < -0.3 is 19.3 Å². The van der Waals surface area contributed by atoms with Gasteiger partial charge in [-0.2, -0.15) is 0 Å². The largest absolute Gasteiger partial charge is 0.486 e. The summed E-state index contributed by atoms with van der Waals surface area (Å²) in [6.45, 7) is 4.75. The molecule has 3 aromatic carbocycles. The van der Waals surface area contributed by atoms with Gasteiger partial charge in [-0.25, -0.2) is 8.78 Å². The molecule has 0 bridgehead atoms. The molecule has 7 nitrogen and oxygen atoms in total. The van der Waals surface area contributed by atoms with Crippen molar-refractivity contribution in [2.45, 2.75) is 32.9 Å². The summed E-state index contributed by atoms with van der Waals surface area (Å²) in [5.41, 5.74) is 2.41. The van der Waals surface area contributed by atoms with Crippen LogP contribution in [0.25, 0.3) is 0 Å². The first kappa shape index (κ1) is 28.8. The highest BCUT2D eigenvalue weighted by atomic mass is 35.5. The fraction of sp³-hybridized carbons (Fsp3) is 0.355. The van der Waals surface area contributed by atoms with Crippen LogP contribution in [0.3, 0.4) is 0 Å². The Labute approximate surface area is 243 Å². The van der Waals surface area contributed by atoms with Gasteiger partial charge in [0.25, 0.3) is 0 Å². The zero-order valence-corrected chi connectivity index (χ0v) is 23.6. The minimum absolute atomic E-state index is 0.00656. The molecule has 0 aromatic heterocycles. The first-order valence-electron chi connectivity index (χ1n) is 13.7. The summed E-state index contributed by atoms with van der Waals surface area (Å²) in [5.74, 6) is -1.63. The van der Waals surface area contributed by atoms with Gasteiger partial charge in [-0.15, -0.1) is 0 Å². The number of hydrogen-bond acceptors (Lipinski definition) is 5. The van der Waals surface area contributed by atoms with Gasteiger partial charge in [0.1, 0.15) is 13.2 Å². The molecule has 0 saturated heterocycles. The molecule has 5 rings (SSSR count). The summed E-state index contributed by atoms with van der Waals surface area (Å²) in [6.07, 6.45) is 0.638. The Morgan fingerprint density at radius 1 is 0.902 bits per heavy atom. The third kappa shape index (κ3) is 6.97. The summed E-state index contributed by atoms with van der Waals surface area (Å²) in [4.78, 5) is 31.8. The standard InChI is InChI=1S/C31H32ClF2N3O4/c1-21(38)37-9-5-8-35(19-22-6-3-2-4-7-22)10-11-36(20-24-17-26(33)27(34)18-28(24)37)30(39)16-23-14-25(32)31-29(15-23)40-12-13-41-31/h2-4,6-7,14-15,17-18H,5,8-13,16,19-20H2,1H3. The molecule has 0 atom stereocenters. The van der Waals surface area contributed by atoms with Crippen molar-refractivity contribution in [3.63, 3.8) is 0 Å². The first-order chi connectivity index (χ1) is 19.8. The van der Waals surface area contributed by atoms with E-state index in [0.717, 1.165) is 17.7 Å². The molecule has 10 heteroatoms. The topological polar surface area (TPSA) is 62.3 Å². The Bertz CT molecular complexity index is 1420. The Morgan fingerprint density at radius 3 is 2.44 bits per heavy atom. The number of ether oxygens (including phenoxy) is 2. The van der Waals surface area contributed by atoms with E-state index in [-0.39, 0.29) is 30.5 Å². The lowest BCUT2D eigenvalue weighted by Crippen LogP contribution is -2.39. The molecule has 0 radical (unpaired) electrons. The maximum Gasteiger partial charge on any atom is 0.227 e. The smallest absolute Gasteiger partial charge is 0.227 e. The second-order valence-electron chi connectivity index (χ2n) is 10.3. The van der Waals surface area contributed by atoms with Crippen LogP contribution in [-0.2, 0) is 29.1 Å². The van der Waals surface area contributed by atoms with Crippen LogP contribution in [0.4, 0.5) is 14.5 Å². The lowest BCUT2D eigenvalue weighted by molar-refractivity contribution is -0.131. The Balaban J connectivity index is 1.46. The number of fused-ring (bicyclic) bond motifs is 2. The molecule has 0 spiro atoms. The van der Waals surface area contributed by atoms with E-state index in [1.54, 1.807) is 17.0 Å². The minimum Gasteiger partial charge on any atom is -0.486 e. The average molecular weight is 584 g/mol. The highest BCUT2D eigenvalue weighted by molar-refractivity contribution is 6.32. The minimum atomic E-state index is -1.04. The van der Waals surface area contributed by atoms with E-state index in [0.29, 0.717) is 80.0 Å². The van der Waals surface area contributed by atoms with Crippen LogP contribution in [0.15, 0.2) is 54.6 Å². The molecule has 0 unspecified atom stereocenters. The van der Waals surface area contributed by atoms with Crippen molar-refractivity contribution in [3.05, 3.63) is 87.9 Å². The fourth-order valence-electron chi connectivity index (χ4n) is 5.28. The van der Waals surface area contributed by atoms with Gasteiger partial charge >= 0.3 is 0 Å². The lowest BCUT2D eigenvalue weighted by Gasteiger charge is -2.28. The second kappa shape index (κ2) is 12.9. The van der Waals surface area contributed by atoms with E-state index >= 15 is 0 Å². The van der Waals surface area contributed by atoms with Crippen LogP contribution < -0.4 is 14.4 Å². The summed E-state index contributed by atoms with van der Waals surface area (Å²) in [5, 5.41) is 0.358. The quantitative estimate of drug-likeness (QED) is 0.421. The van der Waals surface area contributed by atoms with Gasteiger partial charge in [0.15, 0.2) is 23.1 Å². The fourth-order valence-corrected chi connectivity index (χ4v) is 5.57. The molecule has 0 N–H and O–H groups in total. The third-order valence-corrected chi connectivity index (χ3v) is 7.59. The highest BCUT2D eigenvalue weighted by Crippen LogP contribution is 2.38. The number of rotatable bonds is 4. The van der Waals surface area contributed by atoms with Crippen LogP contribution >= 0.6 is 11.6 Å². The van der Waals surface area contributed by atoms with Crippen molar-refractivity contribution in [1.82, 2.24) is 9.80 Å². The number of benzene rings is 3. The van der Waals surface area contributed by atoms with Gasteiger partial charge in [0, 0.05) is 52.3 Å². The number of nitrogens with zero attached hydrogens (tertiary/aromatic N) is 3. The predicted octanol–water partition coefficient (Wildman–Crippen LogP) is 5.22. The van der Waals surface area contributed by atoms with Crippen LogP contribution in [0.1, 0.15) is 30.0 Å². The van der Waals surface area contributed by atoms with E-state index in [9.17, 15) is 18.4 Å². The van der Waals surface area contributed by atoms with Crippen molar-refractivity contribution in [1.29, 1.82) is 0 Å². The van der Waals surface area contributed by atoms with Crippen LogP contribution in [0, 0.1) is 11.6 Å². The molecular weight excluding hydrogens is 552 g/mol. The SMILES string of the molecule is CC(=O)N1CCCN(Cc2ccccc2)CCN(C(=O)Cc2cc(Cl)c3c(c2)OCCO3)Cc2cc(F)c(F)cc21. The number of anilines is 1. The number of hydrogen-bond donors (Lipinski definition) is 0. The van der Waals surface area contributed by atoms with Gasteiger partial charge in [0.2, 0.25) is 11.8 Å². The van der Waals surface area contributed by atoms with Crippen molar-refractivity contribution < 1.29 is 27.8 Å². The van der Waals surface area contributed by atoms with Gasteiger partial charge in [-0.3, -0.25) is 14.5 Å². The third-order valence-electron chi connectivity index (χ3n) is 7.31. The second-order valence-corrected chi connectivity index (χ2v) is 10.7. The average Bonchev–Trinajstić information content (AvgIpc) is 2.98. The number of carbonyl (C=O) groups excluding carboxylic acids is 2. The molecular formula is C31H32ClF2N3O4. The maximum atomic E-state index is 14.5. The van der Waals surface area contributed by atoms with Gasteiger partial charge in [0.05, 0.1) is 17.1 Å². The van der Waals surface area contributed by atoms with Crippen molar-refractivity contribution in [2.75, 3.05) is 44.3 Å². The molecule has 216 valence electrons. The summed E-state index contributed by atoms with van der Waals surface area (Å²) >= 11 is 6.41.